The van der Waals surface area contributed by atoms with Crippen molar-refractivity contribution in [3.05, 3.63) is 45.2 Å². The highest BCUT2D eigenvalue weighted by Crippen LogP contribution is 2.35. The molecule has 10 heteroatoms. The number of nitrogens with zero attached hydrogens (tertiary/aromatic N) is 5. The summed E-state index contributed by atoms with van der Waals surface area (Å²) in [5.41, 5.74) is 0.751. The minimum atomic E-state index is -0.211. The fourth-order valence-corrected chi connectivity index (χ4v) is 5.40. The van der Waals surface area contributed by atoms with Crippen LogP contribution in [0.3, 0.4) is 0 Å². The monoisotopic (exact) mass is 473 g/mol. The van der Waals surface area contributed by atoms with Crippen LogP contribution in [-0.2, 0) is 4.79 Å². The Morgan fingerprint density at radius 2 is 2.00 bits per heavy atom. The molecule has 2 aliphatic rings. The van der Waals surface area contributed by atoms with Crippen molar-refractivity contribution >= 4 is 51.7 Å². The second kappa shape index (κ2) is 9.70. The fraction of sp³-hybridized carbons (Fsp3) is 0.455. The normalized spacial score (nSPS) is 20.0. The Hall–Kier alpha value is -2.27. The molecule has 2 fully saturated rings. The number of fused-ring (bicyclic) bond motifs is 1. The molecule has 2 aromatic rings. The number of hydrogen-bond acceptors (Lipinski definition) is 8. The summed E-state index contributed by atoms with van der Waals surface area (Å²) in [6, 6.07) is 5.44. The number of amides is 1. The average Bonchev–Trinajstić information content (AvgIpc) is 3.08. The van der Waals surface area contributed by atoms with Crippen LogP contribution in [0.1, 0.15) is 25.8 Å². The van der Waals surface area contributed by atoms with E-state index in [2.05, 4.69) is 9.80 Å². The highest BCUT2D eigenvalue weighted by molar-refractivity contribution is 8.26. The van der Waals surface area contributed by atoms with Crippen molar-refractivity contribution in [2.75, 3.05) is 44.2 Å². The van der Waals surface area contributed by atoms with Crippen molar-refractivity contribution < 1.29 is 9.90 Å². The van der Waals surface area contributed by atoms with Crippen LogP contribution in [-0.4, -0.2) is 79.9 Å². The maximum absolute atomic E-state index is 13.4. The summed E-state index contributed by atoms with van der Waals surface area (Å²) < 4.78 is 2.02. The number of hydrogen-bond donors (Lipinski definition) is 1. The molecule has 1 N–H and O–H groups in total. The molecular formula is C22H27N5O3S2. The minimum Gasteiger partial charge on any atom is -0.395 e. The number of pyridine rings is 1. The Labute approximate surface area is 196 Å². The number of rotatable bonds is 6. The van der Waals surface area contributed by atoms with Crippen LogP contribution in [0, 0.1) is 0 Å². The highest BCUT2D eigenvalue weighted by Gasteiger charge is 2.35. The lowest BCUT2D eigenvalue weighted by Gasteiger charge is -2.35. The maximum atomic E-state index is 13.4. The van der Waals surface area contributed by atoms with Gasteiger partial charge in [0.05, 0.1) is 17.1 Å². The lowest BCUT2D eigenvalue weighted by Crippen LogP contribution is -2.48. The lowest BCUT2D eigenvalue weighted by atomic mass is 10.2. The van der Waals surface area contributed by atoms with E-state index in [-0.39, 0.29) is 24.1 Å². The smallest absolute Gasteiger partial charge is 0.267 e. The molecule has 32 heavy (non-hydrogen) atoms. The van der Waals surface area contributed by atoms with E-state index < -0.39 is 0 Å². The van der Waals surface area contributed by atoms with Crippen molar-refractivity contribution in [3.8, 4) is 0 Å². The third-order valence-electron chi connectivity index (χ3n) is 5.97. The molecule has 170 valence electrons. The van der Waals surface area contributed by atoms with Gasteiger partial charge in [-0.3, -0.25) is 23.8 Å². The van der Waals surface area contributed by atoms with Gasteiger partial charge in [0.1, 0.15) is 15.8 Å². The average molecular weight is 474 g/mol. The third-order valence-corrected chi connectivity index (χ3v) is 7.30. The molecule has 1 atom stereocenters. The van der Waals surface area contributed by atoms with Crippen molar-refractivity contribution in [2.45, 2.75) is 26.3 Å². The standard InChI is InChI=1S/C22H27N5O3S2/c1-3-15(2)27-21(30)17(32-22(27)31)14-16-19(25-10-8-24(9-11-25)12-13-28)23-18-6-4-5-7-26(18)20(16)29/h4-7,14-15,28H,3,8-13H2,1-2H3/b17-14+/t15-/m1/s1. The predicted octanol–water partition coefficient (Wildman–Crippen LogP) is 1.81. The van der Waals surface area contributed by atoms with Crippen molar-refractivity contribution in [3.63, 3.8) is 0 Å². The van der Waals surface area contributed by atoms with E-state index in [0.717, 1.165) is 19.5 Å². The molecule has 0 aromatic carbocycles. The number of thiocarbonyl (C=S) groups is 1. The van der Waals surface area contributed by atoms with Crippen molar-refractivity contribution in [2.24, 2.45) is 0 Å². The van der Waals surface area contributed by atoms with Gasteiger partial charge in [0.15, 0.2) is 0 Å². The first-order valence-electron chi connectivity index (χ1n) is 10.8. The van der Waals surface area contributed by atoms with Gasteiger partial charge in [0, 0.05) is 45.0 Å². The van der Waals surface area contributed by atoms with Gasteiger partial charge < -0.3 is 10.0 Å². The molecule has 0 radical (unpaired) electrons. The molecule has 4 rings (SSSR count). The largest absolute Gasteiger partial charge is 0.395 e. The predicted molar refractivity (Wildman–Crippen MR) is 132 cm³/mol. The van der Waals surface area contributed by atoms with Crippen LogP contribution >= 0.6 is 24.0 Å². The van der Waals surface area contributed by atoms with E-state index in [1.54, 1.807) is 29.3 Å². The Morgan fingerprint density at radius 3 is 2.69 bits per heavy atom. The number of anilines is 1. The molecule has 1 amide bonds. The number of β-amino-alcohol motifs (C(OH)–C–C–N with tert-alkyl or cyclic N) is 1. The topological polar surface area (TPSA) is 81.4 Å². The molecule has 2 aliphatic heterocycles. The Morgan fingerprint density at radius 1 is 1.25 bits per heavy atom. The van der Waals surface area contributed by atoms with Gasteiger partial charge in [-0.15, -0.1) is 0 Å². The molecule has 0 saturated carbocycles. The first-order valence-corrected chi connectivity index (χ1v) is 12.0. The van der Waals surface area contributed by atoms with Crippen LogP contribution in [0.2, 0.25) is 0 Å². The van der Waals surface area contributed by atoms with Crippen molar-refractivity contribution in [1.29, 1.82) is 0 Å². The summed E-state index contributed by atoms with van der Waals surface area (Å²) in [5, 5.41) is 9.22. The van der Waals surface area contributed by atoms with E-state index in [1.165, 1.54) is 16.2 Å². The van der Waals surface area contributed by atoms with Gasteiger partial charge in [-0.05, 0) is 31.6 Å². The second-order valence-electron chi connectivity index (χ2n) is 7.94. The zero-order valence-corrected chi connectivity index (χ0v) is 19.9. The summed E-state index contributed by atoms with van der Waals surface area (Å²) >= 11 is 6.69. The Kier molecular flexibility index (Phi) is 6.94. The number of aromatic nitrogens is 2. The molecule has 4 heterocycles. The zero-order valence-electron chi connectivity index (χ0n) is 18.2. The summed E-state index contributed by atoms with van der Waals surface area (Å²) in [5.74, 6) is 0.421. The minimum absolute atomic E-state index is 0.00305. The van der Waals surface area contributed by atoms with E-state index in [1.807, 2.05) is 19.9 Å². The molecule has 2 saturated heterocycles. The number of aliphatic hydroxyl groups excluding tert-OH is 1. The van der Waals surface area contributed by atoms with E-state index in [4.69, 9.17) is 17.2 Å². The molecule has 0 aliphatic carbocycles. The number of aliphatic hydroxyl groups is 1. The lowest BCUT2D eigenvalue weighted by molar-refractivity contribution is -0.123. The summed E-state index contributed by atoms with van der Waals surface area (Å²) in [6.45, 7) is 7.65. The molecule has 2 aromatic heterocycles. The summed E-state index contributed by atoms with van der Waals surface area (Å²) in [7, 11) is 0. The molecule has 0 bridgehead atoms. The molecule has 0 unspecified atom stereocenters. The number of carbonyl (C=O) groups is 1. The van der Waals surface area contributed by atoms with Gasteiger partial charge >= 0.3 is 0 Å². The summed E-state index contributed by atoms with van der Waals surface area (Å²) in [6.07, 6.45) is 4.14. The first-order chi connectivity index (χ1) is 15.4. The van der Waals surface area contributed by atoms with E-state index >= 15 is 0 Å². The molecule has 0 spiro atoms. The molecular weight excluding hydrogens is 446 g/mol. The van der Waals surface area contributed by atoms with Gasteiger partial charge in [0.2, 0.25) is 0 Å². The van der Waals surface area contributed by atoms with Gasteiger partial charge in [-0.1, -0.05) is 37.0 Å². The van der Waals surface area contributed by atoms with Crippen molar-refractivity contribution in [1.82, 2.24) is 19.2 Å². The zero-order chi connectivity index (χ0) is 22.8. The Balaban J connectivity index is 1.77. The SMILES string of the molecule is CC[C@@H](C)N1C(=O)/C(=C\c2c(N3CCN(CCO)CC3)nc3ccccn3c2=O)SC1=S. The van der Waals surface area contributed by atoms with Crippen LogP contribution in [0.15, 0.2) is 34.1 Å². The van der Waals surface area contributed by atoms with Gasteiger partial charge in [-0.2, -0.15) is 0 Å². The molecule has 8 nitrogen and oxygen atoms in total. The van der Waals surface area contributed by atoms with Crippen LogP contribution in [0.4, 0.5) is 5.82 Å². The van der Waals surface area contributed by atoms with Crippen LogP contribution < -0.4 is 10.5 Å². The summed E-state index contributed by atoms with van der Waals surface area (Å²) in [4.78, 5) is 37.7. The number of thioether (sulfide) groups is 1. The quantitative estimate of drug-likeness (QED) is 0.503. The second-order valence-corrected chi connectivity index (χ2v) is 9.62. The Bertz CT molecular complexity index is 1120. The fourth-order valence-electron chi connectivity index (χ4n) is 3.96. The number of piperazine rings is 1. The number of carbonyl (C=O) groups excluding carboxylic acids is 1. The highest BCUT2D eigenvalue weighted by atomic mass is 32.2. The van der Waals surface area contributed by atoms with E-state index in [9.17, 15) is 14.7 Å². The van der Waals surface area contributed by atoms with E-state index in [0.29, 0.717) is 45.9 Å². The third kappa shape index (κ3) is 4.32. The maximum Gasteiger partial charge on any atom is 0.267 e. The van der Waals surface area contributed by atoms with Gasteiger partial charge in [0.25, 0.3) is 11.5 Å². The van der Waals surface area contributed by atoms with Gasteiger partial charge in [-0.25, -0.2) is 4.98 Å². The van der Waals surface area contributed by atoms with Crippen LogP contribution in [0.5, 0.6) is 0 Å². The first kappa shape index (κ1) is 22.9. The van der Waals surface area contributed by atoms with Crippen LogP contribution in [0.25, 0.3) is 11.7 Å².